The van der Waals surface area contributed by atoms with Crippen molar-refractivity contribution in [3.05, 3.63) is 51.2 Å². The van der Waals surface area contributed by atoms with Crippen molar-refractivity contribution in [3.63, 3.8) is 0 Å². The van der Waals surface area contributed by atoms with E-state index < -0.39 is 17.4 Å². The molecule has 1 aliphatic rings. The van der Waals surface area contributed by atoms with E-state index in [2.05, 4.69) is 34.0 Å². The average Bonchev–Trinajstić information content (AvgIpc) is 3.08. The van der Waals surface area contributed by atoms with Crippen molar-refractivity contribution in [1.82, 2.24) is 20.2 Å². The van der Waals surface area contributed by atoms with Crippen LogP contribution in [-0.2, 0) is 4.79 Å². The first-order valence-electron chi connectivity index (χ1n) is 19.4. The van der Waals surface area contributed by atoms with Crippen molar-refractivity contribution in [2.45, 2.75) is 155 Å². The fourth-order valence-corrected chi connectivity index (χ4v) is 6.70. The predicted molar refractivity (Wildman–Crippen MR) is 202 cm³/mol. The van der Waals surface area contributed by atoms with Crippen LogP contribution >= 0.6 is 0 Å². The first-order valence-corrected chi connectivity index (χ1v) is 19.4. The zero-order valence-electron chi connectivity index (χ0n) is 30.7. The Hall–Kier alpha value is -3.56. The summed E-state index contributed by atoms with van der Waals surface area (Å²) in [6, 6.07) is 9.06. The molecule has 10 heteroatoms. The molecule has 274 valence electrons. The molecule has 1 aromatic heterocycles. The van der Waals surface area contributed by atoms with E-state index in [1.54, 1.807) is 0 Å². The number of carbonyl (C=O) groups excluding carboxylic acids is 2. The standard InChI is InChI=1S/C39H64N6O4/c1-4-6-8-10-12-14-16-18-20-22-28-44(34-30-36(46)42-38(48)40-34)32-24-26-33(27-25-32)45(35-31-37(47)43(3)39(49)41-35)29-23-21-19-17-15-13-11-9-7-5-2/h24-27,30,35H,4-23,28-29,31H2,1-3H3,(H,41,49)(H2,40,42,46,48). The molecule has 1 aromatic carbocycles. The summed E-state index contributed by atoms with van der Waals surface area (Å²) < 4.78 is 0. The second-order valence-electron chi connectivity index (χ2n) is 13.8. The topological polar surface area (TPSA) is 122 Å². The molecule has 0 saturated carbocycles. The molecule has 0 radical (unpaired) electrons. The van der Waals surface area contributed by atoms with E-state index in [0.717, 1.165) is 48.5 Å². The SMILES string of the molecule is CCCCCCCCCCCCN(c1ccc(N(CCCCCCCCCCCC)C2CC(=O)N(C)C(=O)N2)cc1)c1cc(=O)[nH]c(=O)[nH]1. The van der Waals surface area contributed by atoms with E-state index in [1.807, 2.05) is 29.2 Å². The van der Waals surface area contributed by atoms with Crippen molar-refractivity contribution in [2.75, 3.05) is 29.9 Å². The number of H-pyrrole nitrogens is 2. The van der Waals surface area contributed by atoms with Gasteiger partial charge in [0.1, 0.15) is 12.0 Å². The quantitative estimate of drug-likeness (QED) is 0.0855. The van der Waals surface area contributed by atoms with Crippen LogP contribution in [0.3, 0.4) is 0 Å². The summed E-state index contributed by atoms with van der Waals surface area (Å²) in [6.45, 7) is 5.88. The van der Waals surface area contributed by atoms with Gasteiger partial charge >= 0.3 is 11.7 Å². The number of carbonyl (C=O) groups is 2. The number of benzene rings is 1. The highest BCUT2D eigenvalue weighted by atomic mass is 16.2. The molecule has 2 heterocycles. The Bertz CT molecular complexity index is 1290. The molecule has 10 nitrogen and oxygen atoms in total. The second-order valence-corrected chi connectivity index (χ2v) is 13.8. The Morgan fingerprint density at radius 3 is 1.59 bits per heavy atom. The number of nitrogens with zero attached hydrogens (tertiary/aromatic N) is 3. The van der Waals surface area contributed by atoms with E-state index in [4.69, 9.17) is 0 Å². The van der Waals surface area contributed by atoms with Gasteiger partial charge in [0.25, 0.3) is 5.56 Å². The molecule has 3 N–H and O–H groups in total. The van der Waals surface area contributed by atoms with Gasteiger partial charge in [0.2, 0.25) is 5.91 Å². The number of amides is 3. The van der Waals surface area contributed by atoms with Gasteiger partial charge in [0, 0.05) is 37.6 Å². The van der Waals surface area contributed by atoms with Crippen LogP contribution < -0.4 is 26.4 Å². The van der Waals surface area contributed by atoms with Gasteiger partial charge in [-0.05, 0) is 37.1 Å². The first kappa shape index (κ1) is 39.9. The van der Waals surface area contributed by atoms with Gasteiger partial charge in [-0.3, -0.25) is 24.5 Å². The molecule has 3 rings (SSSR count). The molecule has 2 aromatic rings. The van der Waals surface area contributed by atoms with E-state index in [0.29, 0.717) is 12.4 Å². The third-order valence-corrected chi connectivity index (χ3v) is 9.73. The molecule has 1 aliphatic heterocycles. The van der Waals surface area contributed by atoms with Crippen LogP contribution in [0, 0.1) is 0 Å². The Kier molecular flexibility index (Phi) is 18.7. The largest absolute Gasteiger partial charge is 0.351 e. The van der Waals surface area contributed by atoms with Gasteiger partial charge < -0.3 is 15.1 Å². The monoisotopic (exact) mass is 680 g/mol. The summed E-state index contributed by atoms with van der Waals surface area (Å²) in [5.41, 5.74) is 0.815. The minimum Gasteiger partial charge on any atom is -0.351 e. The maximum Gasteiger partial charge on any atom is 0.327 e. The molecule has 3 amide bonds. The molecule has 1 unspecified atom stereocenters. The zero-order valence-corrected chi connectivity index (χ0v) is 30.7. The summed E-state index contributed by atoms with van der Waals surface area (Å²) in [7, 11) is 1.51. The van der Waals surface area contributed by atoms with E-state index in [-0.39, 0.29) is 18.4 Å². The number of anilines is 3. The lowest BCUT2D eigenvalue weighted by Crippen LogP contribution is -2.59. The number of unbranched alkanes of at least 4 members (excludes halogenated alkanes) is 18. The highest BCUT2D eigenvalue weighted by molar-refractivity contribution is 5.97. The fourth-order valence-electron chi connectivity index (χ4n) is 6.70. The molecule has 0 aliphatic carbocycles. The number of nitrogens with one attached hydrogen (secondary N) is 3. The number of imide groups is 1. The Morgan fingerprint density at radius 1 is 0.633 bits per heavy atom. The first-order chi connectivity index (χ1) is 23.8. The van der Waals surface area contributed by atoms with Crippen LogP contribution in [0.4, 0.5) is 22.0 Å². The number of aromatic amines is 2. The Morgan fingerprint density at radius 2 is 1.10 bits per heavy atom. The minimum absolute atomic E-state index is 0.195. The summed E-state index contributed by atoms with van der Waals surface area (Å²) in [4.78, 5) is 60.1. The fraction of sp³-hybridized carbons (Fsp3) is 0.692. The van der Waals surface area contributed by atoms with Crippen LogP contribution in [-0.4, -0.2) is 53.1 Å². The summed E-state index contributed by atoms with van der Waals surface area (Å²) in [5.74, 6) is 0.271. The van der Waals surface area contributed by atoms with E-state index in [1.165, 1.54) is 116 Å². The van der Waals surface area contributed by atoms with Crippen LogP contribution in [0.15, 0.2) is 39.9 Å². The lowest BCUT2D eigenvalue weighted by atomic mass is 10.1. The summed E-state index contributed by atoms with van der Waals surface area (Å²) >= 11 is 0. The van der Waals surface area contributed by atoms with Crippen LogP contribution in [0.25, 0.3) is 0 Å². The predicted octanol–water partition coefficient (Wildman–Crippen LogP) is 8.75. The van der Waals surface area contributed by atoms with Crippen LogP contribution in [0.1, 0.15) is 149 Å². The van der Waals surface area contributed by atoms with Gasteiger partial charge in [-0.1, -0.05) is 129 Å². The molecule has 49 heavy (non-hydrogen) atoms. The van der Waals surface area contributed by atoms with Gasteiger partial charge in [-0.2, -0.15) is 0 Å². The molecular formula is C39H64N6O4. The zero-order chi connectivity index (χ0) is 35.3. The lowest BCUT2D eigenvalue weighted by molar-refractivity contribution is -0.129. The Balaban J connectivity index is 1.65. The van der Waals surface area contributed by atoms with Crippen molar-refractivity contribution in [3.8, 4) is 0 Å². The number of aromatic nitrogens is 2. The molecule has 0 bridgehead atoms. The number of hydrogen-bond acceptors (Lipinski definition) is 6. The maximum absolute atomic E-state index is 12.7. The average molecular weight is 681 g/mol. The van der Waals surface area contributed by atoms with Gasteiger partial charge in [0.15, 0.2) is 0 Å². The third-order valence-electron chi connectivity index (χ3n) is 9.73. The molecular weight excluding hydrogens is 616 g/mol. The second kappa shape index (κ2) is 23.0. The molecule has 1 saturated heterocycles. The third kappa shape index (κ3) is 14.4. The number of rotatable bonds is 26. The van der Waals surface area contributed by atoms with Crippen molar-refractivity contribution >= 4 is 29.1 Å². The molecule has 0 spiro atoms. The highest BCUT2D eigenvalue weighted by Gasteiger charge is 2.33. The number of hydrogen-bond donors (Lipinski definition) is 3. The van der Waals surface area contributed by atoms with E-state index >= 15 is 0 Å². The van der Waals surface area contributed by atoms with Crippen molar-refractivity contribution in [1.29, 1.82) is 0 Å². The minimum atomic E-state index is -0.530. The summed E-state index contributed by atoms with van der Waals surface area (Å²) in [6.07, 6.45) is 24.4. The van der Waals surface area contributed by atoms with Crippen molar-refractivity contribution < 1.29 is 9.59 Å². The van der Waals surface area contributed by atoms with E-state index in [9.17, 15) is 19.2 Å². The normalized spacial score (nSPS) is 14.7. The van der Waals surface area contributed by atoms with Crippen LogP contribution in [0.2, 0.25) is 0 Å². The van der Waals surface area contributed by atoms with Crippen LogP contribution in [0.5, 0.6) is 0 Å². The maximum atomic E-state index is 12.7. The van der Waals surface area contributed by atoms with Crippen molar-refractivity contribution in [2.24, 2.45) is 0 Å². The molecule has 1 fully saturated rings. The smallest absolute Gasteiger partial charge is 0.327 e. The lowest BCUT2D eigenvalue weighted by Gasteiger charge is -2.38. The Labute approximate surface area is 294 Å². The van der Waals surface area contributed by atoms with Gasteiger partial charge in [-0.15, -0.1) is 0 Å². The molecule has 1 atom stereocenters. The van der Waals surface area contributed by atoms with Gasteiger partial charge in [0.05, 0.1) is 6.42 Å². The van der Waals surface area contributed by atoms with Gasteiger partial charge in [-0.25, -0.2) is 9.59 Å². The number of urea groups is 1. The highest BCUT2D eigenvalue weighted by Crippen LogP contribution is 2.28. The summed E-state index contributed by atoms with van der Waals surface area (Å²) in [5, 5.41) is 3.02.